The number of nitrogens with zero attached hydrogens (tertiary/aromatic N) is 2. The van der Waals surface area contributed by atoms with Crippen LogP contribution in [-0.4, -0.2) is 16.6 Å². The second kappa shape index (κ2) is 7.73. The van der Waals surface area contributed by atoms with E-state index >= 15 is 0 Å². The van der Waals surface area contributed by atoms with Gasteiger partial charge in [-0.3, -0.25) is 0 Å². The normalized spacial score (nSPS) is 12.5. The highest BCUT2D eigenvalue weighted by Crippen LogP contribution is 2.26. The van der Waals surface area contributed by atoms with Crippen LogP contribution in [0.5, 0.6) is 5.75 Å². The van der Waals surface area contributed by atoms with E-state index in [9.17, 15) is 4.39 Å². The summed E-state index contributed by atoms with van der Waals surface area (Å²) in [6.45, 7) is 9.08. The quantitative estimate of drug-likeness (QED) is 0.671. The molecule has 2 aromatic rings. The Morgan fingerprint density at radius 1 is 1.26 bits per heavy atom. The van der Waals surface area contributed by atoms with E-state index in [1.807, 2.05) is 13.0 Å². The van der Waals surface area contributed by atoms with E-state index in [1.165, 1.54) is 6.07 Å². The predicted molar refractivity (Wildman–Crippen MR) is 91.3 cm³/mol. The van der Waals surface area contributed by atoms with Gasteiger partial charge in [-0.15, -0.1) is 0 Å². The minimum atomic E-state index is -0.444. The topological polar surface area (TPSA) is 35.0 Å². The van der Waals surface area contributed by atoms with Crippen LogP contribution in [0.25, 0.3) is 11.3 Å². The molecule has 0 radical (unpaired) electrons. The average molecular weight is 337 g/mol. The zero-order valence-corrected chi connectivity index (χ0v) is 14.7. The first-order chi connectivity index (χ1) is 10.9. The molecular weight excluding hydrogens is 315 g/mol. The fourth-order valence-corrected chi connectivity index (χ4v) is 2.72. The number of ether oxygens (including phenoxy) is 1. The molecular formula is C18H22ClFN2O. The zero-order chi connectivity index (χ0) is 17.0. The van der Waals surface area contributed by atoms with Crippen molar-refractivity contribution in [3.05, 3.63) is 41.1 Å². The van der Waals surface area contributed by atoms with Crippen LogP contribution < -0.4 is 4.74 Å². The van der Waals surface area contributed by atoms with Crippen LogP contribution in [0.15, 0.2) is 24.4 Å². The van der Waals surface area contributed by atoms with Gasteiger partial charge >= 0.3 is 0 Å². The van der Waals surface area contributed by atoms with Gasteiger partial charge in [0.15, 0.2) is 5.82 Å². The number of aryl methyl sites for hydroxylation is 1. The summed E-state index contributed by atoms with van der Waals surface area (Å²) >= 11 is 5.83. The molecule has 0 saturated carbocycles. The summed E-state index contributed by atoms with van der Waals surface area (Å²) in [5.41, 5.74) is 1.59. The van der Waals surface area contributed by atoms with E-state index < -0.39 is 5.82 Å². The number of halogens is 2. The largest absolute Gasteiger partial charge is 0.491 e. The third-order valence-corrected chi connectivity index (χ3v) is 3.74. The van der Waals surface area contributed by atoms with Gasteiger partial charge in [0.05, 0.1) is 24.2 Å². The Morgan fingerprint density at radius 3 is 2.65 bits per heavy atom. The standard InChI is InChI=1S/C18H22ClFN2O/c1-11(2)7-12(3)10-23-17-6-5-16(22-13(17)4)14-8-18(19)21-9-15(14)20/h5-6,8-9,11-12H,7,10H2,1-4H3. The summed E-state index contributed by atoms with van der Waals surface area (Å²) < 4.78 is 19.7. The molecule has 0 N–H and O–H groups in total. The van der Waals surface area contributed by atoms with Gasteiger partial charge in [0.2, 0.25) is 0 Å². The van der Waals surface area contributed by atoms with Crippen LogP contribution in [0.4, 0.5) is 4.39 Å². The molecule has 124 valence electrons. The van der Waals surface area contributed by atoms with Crippen molar-refractivity contribution in [3.8, 4) is 17.0 Å². The van der Waals surface area contributed by atoms with Gasteiger partial charge in [-0.25, -0.2) is 14.4 Å². The third kappa shape index (κ3) is 4.90. The Hall–Kier alpha value is -1.68. The molecule has 1 atom stereocenters. The lowest BCUT2D eigenvalue weighted by atomic mass is 10.00. The summed E-state index contributed by atoms with van der Waals surface area (Å²) in [7, 11) is 0. The van der Waals surface area contributed by atoms with Crippen LogP contribution in [0.3, 0.4) is 0 Å². The number of aromatic nitrogens is 2. The molecule has 2 rings (SSSR count). The second-order valence-corrected chi connectivity index (χ2v) is 6.70. The van der Waals surface area contributed by atoms with Gasteiger partial charge in [-0.1, -0.05) is 32.4 Å². The molecule has 0 aliphatic rings. The summed E-state index contributed by atoms with van der Waals surface area (Å²) in [6, 6.07) is 5.04. The van der Waals surface area contributed by atoms with Crippen LogP contribution in [0.1, 0.15) is 32.9 Å². The molecule has 0 bridgehead atoms. The monoisotopic (exact) mass is 336 g/mol. The maximum Gasteiger partial charge on any atom is 0.150 e. The van der Waals surface area contributed by atoms with Crippen molar-refractivity contribution in [3.63, 3.8) is 0 Å². The van der Waals surface area contributed by atoms with Gasteiger partial charge < -0.3 is 4.74 Å². The van der Waals surface area contributed by atoms with E-state index in [4.69, 9.17) is 16.3 Å². The van der Waals surface area contributed by atoms with Gasteiger partial charge in [0.25, 0.3) is 0 Å². The van der Waals surface area contributed by atoms with E-state index in [0.29, 0.717) is 29.7 Å². The van der Waals surface area contributed by atoms with Crippen molar-refractivity contribution >= 4 is 11.6 Å². The molecule has 23 heavy (non-hydrogen) atoms. The first kappa shape index (κ1) is 17.7. The Kier molecular flexibility index (Phi) is 5.94. The third-order valence-electron chi connectivity index (χ3n) is 3.53. The number of pyridine rings is 2. The Labute approximate surface area is 141 Å². The molecule has 2 aromatic heterocycles. The van der Waals surface area contributed by atoms with Crippen molar-refractivity contribution in [1.29, 1.82) is 0 Å². The van der Waals surface area contributed by atoms with Crippen molar-refractivity contribution in [2.24, 2.45) is 11.8 Å². The molecule has 2 heterocycles. The molecule has 0 spiro atoms. The molecule has 0 amide bonds. The minimum absolute atomic E-state index is 0.240. The lowest BCUT2D eigenvalue weighted by molar-refractivity contribution is 0.237. The SMILES string of the molecule is Cc1nc(-c2cc(Cl)ncc2F)ccc1OCC(C)CC(C)C. The minimum Gasteiger partial charge on any atom is -0.491 e. The van der Waals surface area contributed by atoms with Crippen molar-refractivity contribution in [2.45, 2.75) is 34.1 Å². The molecule has 0 fully saturated rings. The van der Waals surface area contributed by atoms with E-state index in [1.54, 1.807) is 6.07 Å². The first-order valence-corrected chi connectivity index (χ1v) is 8.16. The van der Waals surface area contributed by atoms with Crippen LogP contribution in [-0.2, 0) is 0 Å². The van der Waals surface area contributed by atoms with Gasteiger partial charge in [-0.05, 0) is 43.4 Å². The summed E-state index contributed by atoms with van der Waals surface area (Å²) in [6.07, 6.45) is 2.22. The molecule has 3 nitrogen and oxygen atoms in total. The smallest absolute Gasteiger partial charge is 0.150 e. The molecule has 0 aliphatic carbocycles. The maximum absolute atomic E-state index is 13.9. The second-order valence-electron chi connectivity index (χ2n) is 6.31. The summed E-state index contributed by atoms with van der Waals surface area (Å²) in [4.78, 5) is 8.15. The highest BCUT2D eigenvalue weighted by atomic mass is 35.5. The van der Waals surface area contributed by atoms with Gasteiger partial charge in [0.1, 0.15) is 10.9 Å². The zero-order valence-electron chi connectivity index (χ0n) is 13.9. The predicted octanol–water partition coefficient (Wildman–Crippen LogP) is 5.31. The number of hydrogen-bond donors (Lipinski definition) is 0. The lowest BCUT2D eigenvalue weighted by Gasteiger charge is -2.16. The number of hydrogen-bond acceptors (Lipinski definition) is 3. The van der Waals surface area contributed by atoms with Gasteiger partial charge in [0, 0.05) is 5.56 Å². The first-order valence-electron chi connectivity index (χ1n) is 7.78. The Bertz CT molecular complexity index is 676. The van der Waals surface area contributed by atoms with E-state index in [0.717, 1.165) is 24.1 Å². The van der Waals surface area contributed by atoms with E-state index in [2.05, 4.69) is 30.7 Å². The van der Waals surface area contributed by atoms with Gasteiger partial charge in [-0.2, -0.15) is 0 Å². The molecule has 0 aromatic carbocycles. The van der Waals surface area contributed by atoms with Crippen LogP contribution >= 0.6 is 11.6 Å². The fourth-order valence-electron chi connectivity index (χ4n) is 2.57. The van der Waals surface area contributed by atoms with Crippen LogP contribution in [0.2, 0.25) is 5.15 Å². The average Bonchev–Trinajstić information content (AvgIpc) is 2.47. The molecule has 0 aliphatic heterocycles. The molecule has 0 saturated heterocycles. The van der Waals surface area contributed by atoms with Crippen LogP contribution in [0, 0.1) is 24.6 Å². The molecule has 1 unspecified atom stereocenters. The fraction of sp³-hybridized carbons (Fsp3) is 0.444. The van der Waals surface area contributed by atoms with Crippen molar-refractivity contribution < 1.29 is 9.13 Å². The van der Waals surface area contributed by atoms with Crippen molar-refractivity contribution in [1.82, 2.24) is 9.97 Å². The highest BCUT2D eigenvalue weighted by molar-refractivity contribution is 6.29. The lowest BCUT2D eigenvalue weighted by Crippen LogP contribution is -2.11. The Balaban J connectivity index is 2.13. The molecule has 5 heteroatoms. The Morgan fingerprint density at radius 2 is 2.00 bits per heavy atom. The van der Waals surface area contributed by atoms with E-state index in [-0.39, 0.29) is 5.15 Å². The highest BCUT2D eigenvalue weighted by Gasteiger charge is 2.12. The van der Waals surface area contributed by atoms with Crippen molar-refractivity contribution in [2.75, 3.05) is 6.61 Å². The summed E-state index contributed by atoms with van der Waals surface area (Å²) in [5, 5.41) is 0.240. The number of rotatable bonds is 6. The maximum atomic E-state index is 13.9. The summed E-state index contributed by atoms with van der Waals surface area (Å²) in [5.74, 6) is 1.41.